The zero-order valence-electron chi connectivity index (χ0n) is 14.5. The fourth-order valence-electron chi connectivity index (χ4n) is 2.70. The van der Waals surface area contributed by atoms with Crippen molar-refractivity contribution in [3.63, 3.8) is 0 Å². The summed E-state index contributed by atoms with van der Waals surface area (Å²) in [4.78, 5) is 17.0. The summed E-state index contributed by atoms with van der Waals surface area (Å²) in [7, 11) is 1.59. The van der Waals surface area contributed by atoms with Gasteiger partial charge >= 0.3 is 0 Å². The number of anilines is 1. The summed E-state index contributed by atoms with van der Waals surface area (Å²) in [6.45, 7) is 3.96. The third-order valence-electron chi connectivity index (χ3n) is 3.99. The van der Waals surface area contributed by atoms with Crippen molar-refractivity contribution < 1.29 is 9.53 Å². The molecule has 0 saturated carbocycles. The molecule has 4 heteroatoms. The summed E-state index contributed by atoms with van der Waals surface area (Å²) in [6, 6.07) is 17.1. The van der Waals surface area contributed by atoms with E-state index in [1.807, 2.05) is 62.4 Å². The van der Waals surface area contributed by atoms with Crippen LogP contribution in [0.15, 0.2) is 60.8 Å². The first-order chi connectivity index (χ1) is 12.1. The van der Waals surface area contributed by atoms with Gasteiger partial charge in [0, 0.05) is 23.0 Å². The summed E-state index contributed by atoms with van der Waals surface area (Å²) in [5, 5.41) is 2.95. The number of benzene rings is 2. The van der Waals surface area contributed by atoms with Crippen LogP contribution in [0.25, 0.3) is 11.3 Å². The van der Waals surface area contributed by atoms with Gasteiger partial charge in [-0.2, -0.15) is 0 Å². The smallest absolute Gasteiger partial charge is 0.255 e. The second-order valence-electron chi connectivity index (χ2n) is 5.94. The van der Waals surface area contributed by atoms with Crippen LogP contribution >= 0.6 is 0 Å². The van der Waals surface area contributed by atoms with Crippen molar-refractivity contribution in [2.45, 2.75) is 13.8 Å². The quantitative estimate of drug-likeness (QED) is 0.758. The molecular formula is C21H20N2O2. The standard InChI is InChI=1S/C21H20N2O2/c1-14-10-16(12-18(11-14)25-3)21(24)23-17-8-7-15(2)19(13-17)20-6-4-5-9-22-20/h4-13H,1-3H3,(H,23,24). The van der Waals surface area contributed by atoms with Crippen molar-refractivity contribution in [1.29, 1.82) is 0 Å². The fourth-order valence-corrected chi connectivity index (χ4v) is 2.70. The number of pyridine rings is 1. The van der Waals surface area contributed by atoms with Gasteiger partial charge in [-0.05, 0) is 67.4 Å². The van der Waals surface area contributed by atoms with Gasteiger partial charge in [0.05, 0.1) is 12.8 Å². The Labute approximate surface area is 147 Å². The molecule has 2 aromatic carbocycles. The van der Waals surface area contributed by atoms with Gasteiger partial charge < -0.3 is 10.1 Å². The Morgan fingerprint density at radius 3 is 2.60 bits per heavy atom. The van der Waals surface area contributed by atoms with E-state index in [2.05, 4.69) is 10.3 Å². The molecule has 1 aromatic heterocycles. The van der Waals surface area contributed by atoms with Crippen LogP contribution in [0.5, 0.6) is 5.75 Å². The Hall–Kier alpha value is -3.14. The molecule has 3 aromatic rings. The number of carbonyl (C=O) groups excluding carboxylic acids is 1. The average molecular weight is 332 g/mol. The maximum Gasteiger partial charge on any atom is 0.255 e. The van der Waals surface area contributed by atoms with Gasteiger partial charge in [0.15, 0.2) is 0 Å². The predicted octanol–water partition coefficient (Wildman–Crippen LogP) is 4.63. The van der Waals surface area contributed by atoms with Crippen molar-refractivity contribution in [3.05, 3.63) is 77.5 Å². The number of rotatable bonds is 4. The molecule has 1 amide bonds. The Balaban J connectivity index is 1.88. The van der Waals surface area contributed by atoms with Crippen LogP contribution in [0, 0.1) is 13.8 Å². The number of aromatic nitrogens is 1. The third kappa shape index (κ3) is 3.86. The molecular weight excluding hydrogens is 312 g/mol. The average Bonchev–Trinajstić information content (AvgIpc) is 2.63. The van der Waals surface area contributed by atoms with E-state index in [4.69, 9.17) is 4.74 Å². The predicted molar refractivity (Wildman–Crippen MR) is 100 cm³/mol. The monoisotopic (exact) mass is 332 g/mol. The lowest BCUT2D eigenvalue weighted by Gasteiger charge is -2.11. The molecule has 25 heavy (non-hydrogen) atoms. The highest BCUT2D eigenvalue weighted by Gasteiger charge is 2.10. The maximum atomic E-state index is 12.6. The van der Waals surface area contributed by atoms with E-state index in [-0.39, 0.29) is 5.91 Å². The zero-order chi connectivity index (χ0) is 17.8. The van der Waals surface area contributed by atoms with E-state index < -0.39 is 0 Å². The molecule has 1 heterocycles. The van der Waals surface area contributed by atoms with Crippen LogP contribution in [0.1, 0.15) is 21.5 Å². The normalized spacial score (nSPS) is 10.4. The number of carbonyl (C=O) groups is 1. The van der Waals surface area contributed by atoms with E-state index >= 15 is 0 Å². The van der Waals surface area contributed by atoms with E-state index in [1.54, 1.807) is 19.4 Å². The van der Waals surface area contributed by atoms with Gasteiger partial charge in [0.1, 0.15) is 5.75 Å². The second kappa shape index (κ2) is 7.18. The fraction of sp³-hybridized carbons (Fsp3) is 0.143. The third-order valence-corrected chi connectivity index (χ3v) is 3.99. The van der Waals surface area contributed by atoms with Gasteiger partial charge in [-0.1, -0.05) is 12.1 Å². The van der Waals surface area contributed by atoms with Gasteiger partial charge in [0.2, 0.25) is 0 Å². The first-order valence-electron chi connectivity index (χ1n) is 8.06. The largest absolute Gasteiger partial charge is 0.497 e. The number of aryl methyl sites for hydroxylation is 2. The number of methoxy groups -OCH3 is 1. The Morgan fingerprint density at radius 2 is 1.88 bits per heavy atom. The van der Waals surface area contributed by atoms with Crippen LogP contribution in [0.4, 0.5) is 5.69 Å². The lowest BCUT2D eigenvalue weighted by Crippen LogP contribution is -2.12. The molecule has 0 fully saturated rings. The van der Waals surface area contributed by atoms with Crippen LogP contribution in [0.3, 0.4) is 0 Å². The molecule has 1 N–H and O–H groups in total. The number of hydrogen-bond acceptors (Lipinski definition) is 3. The molecule has 0 aliphatic carbocycles. The molecule has 0 radical (unpaired) electrons. The lowest BCUT2D eigenvalue weighted by molar-refractivity contribution is 0.102. The van der Waals surface area contributed by atoms with Crippen LogP contribution in [0.2, 0.25) is 0 Å². The van der Waals surface area contributed by atoms with Crippen LogP contribution < -0.4 is 10.1 Å². The highest BCUT2D eigenvalue weighted by atomic mass is 16.5. The van der Waals surface area contributed by atoms with Crippen LogP contribution in [-0.4, -0.2) is 18.0 Å². The highest BCUT2D eigenvalue weighted by Crippen LogP contribution is 2.25. The summed E-state index contributed by atoms with van der Waals surface area (Å²) in [5.41, 5.74) is 5.26. The number of nitrogens with one attached hydrogen (secondary N) is 1. The summed E-state index contributed by atoms with van der Waals surface area (Å²) in [6.07, 6.45) is 1.76. The summed E-state index contributed by atoms with van der Waals surface area (Å²) < 4.78 is 5.24. The highest BCUT2D eigenvalue weighted by molar-refractivity contribution is 6.05. The van der Waals surface area contributed by atoms with Gasteiger partial charge in [-0.3, -0.25) is 9.78 Å². The molecule has 4 nitrogen and oxygen atoms in total. The molecule has 0 aliphatic heterocycles. The number of ether oxygens (including phenoxy) is 1. The first kappa shape index (κ1) is 16.7. The molecule has 0 atom stereocenters. The zero-order valence-corrected chi connectivity index (χ0v) is 14.5. The minimum absolute atomic E-state index is 0.169. The van der Waals surface area contributed by atoms with Crippen molar-refractivity contribution >= 4 is 11.6 Å². The minimum atomic E-state index is -0.169. The molecule has 0 saturated heterocycles. The number of nitrogens with zero attached hydrogens (tertiary/aromatic N) is 1. The molecule has 0 spiro atoms. The lowest BCUT2D eigenvalue weighted by atomic mass is 10.0. The van der Waals surface area contributed by atoms with Crippen molar-refractivity contribution in [3.8, 4) is 17.0 Å². The van der Waals surface area contributed by atoms with Crippen molar-refractivity contribution in [1.82, 2.24) is 4.98 Å². The first-order valence-corrected chi connectivity index (χ1v) is 8.06. The number of hydrogen-bond donors (Lipinski definition) is 1. The molecule has 0 aliphatic rings. The molecule has 0 bridgehead atoms. The SMILES string of the molecule is COc1cc(C)cc(C(=O)Nc2ccc(C)c(-c3ccccn3)c2)c1. The summed E-state index contributed by atoms with van der Waals surface area (Å²) in [5.74, 6) is 0.501. The number of amides is 1. The van der Waals surface area contributed by atoms with Crippen LogP contribution in [-0.2, 0) is 0 Å². The van der Waals surface area contributed by atoms with Gasteiger partial charge in [-0.15, -0.1) is 0 Å². The molecule has 3 rings (SSSR count). The Morgan fingerprint density at radius 1 is 1.04 bits per heavy atom. The van der Waals surface area contributed by atoms with Gasteiger partial charge in [-0.25, -0.2) is 0 Å². The second-order valence-corrected chi connectivity index (χ2v) is 5.94. The van der Waals surface area contributed by atoms with Crippen molar-refractivity contribution in [2.75, 3.05) is 12.4 Å². The molecule has 0 unspecified atom stereocenters. The van der Waals surface area contributed by atoms with E-state index in [1.165, 1.54) is 0 Å². The van der Waals surface area contributed by atoms with E-state index in [9.17, 15) is 4.79 Å². The topological polar surface area (TPSA) is 51.2 Å². The Bertz CT molecular complexity index is 905. The summed E-state index contributed by atoms with van der Waals surface area (Å²) >= 11 is 0. The minimum Gasteiger partial charge on any atom is -0.497 e. The Kier molecular flexibility index (Phi) is 4.80. The van der Waals surface area contributed by atoms with E-state index in [0.717, 1.165) is 28.1 Å². The maximum absolute atomic E-state index is 12.6. The van der Waals surface area contributed by atoms with Gasteiger partial charge in [0.25, 0.3) is 5.91 Å². The van der Waals surface area contributed by atoms with E-state index in [0.29, 0.717) is 11.3 Å². The molecule has 126 valence electrons. The van der Waals surface area contributed by atoms with Crippen molar-refractivity contribution in [2.24, 2.45) is 0 Å².